The van der Waals surface area contributed by atoms with Gasteiger partial charge < -0.3 is 9.47 Å². The maximum absolute atomic E-state index is 5.52. The third-order valence-electron chi connectivity index (χ3n) is 2.71. The van der Waals surface area contributed by atoms with Crippen molar-refractivity contribution in [3.05, 3.63) is 0 Å². The van der Waals surface area contributed by atoms with E-state index in [2.05, 4.69) is 39.3 Å². The molecule has 0 N–H and O–H groups in total. The van der Waals surface area contributed by atoms with Crippen LogP contribution >= 0.6 is 0 Å². The van der Waals surface area contributed by atoms with E-state index in [0.717, 1.165) is 13.2 Å². The topological polar surface area (TPSA) is 18.5 Å². The first-order chi connectivity index (χ1) is 7.54. The molecule has 0 aliphatic heterocycles. The molecule has 17 heavy (non-hydrogen) atoms. The van der Waals surface area contributed by atoms with Crippen LogP contribution < -0.4 is 0 Å². The summed E-state index contributed by atoms with van der Waals surface area (Å²) in [4.78, 5) is 0. The average Bonchev–Trinajstić information content (AvgIpc) is 1.96. The van der Waals surface area contributed by atoms with Gasteiger partial charge in [-0.3, -0.25) is 0 Å². The summed E-state index contributed by atoms with van der Waals surface area (Å²) < 4.78 is 11.0. The van der Waals surface area contributed by atoms with Gasteiger partial charge >= 0.3 is 0 Å². The van der Waals surface area contributed by atoms with Crippen molar-refractivity contribution in [2.45, 2.75) is 51.4 Å². The van der Waals surface area contributed by atoms with Crippen molar-refractivity contribution in [1.29, 1.82) is 0 Å². The fourth-order valence-corrected chi connectivity index (χ4v) is 8.58. The van der Waals surface area contributed by atoms with Crippen LogP contribution in [0.1, 0.15) is 0 Å². The molecule has 0 unspecified atom stereocenters. The van der Waals surface area contributed by atoms with E-state index in [-0.39, 0.29) is 5.41 Å². The third kappa shape index (κ3) is 8.13. The summed E-state index contributed by atoms with van der Waals surface area (Å²) in [6, 6.07) is 2.60. The Balaban J connectivity index is 4.97. The molecular weight excluding hydrogens is 244 g/mol. The second kappa shape index (κ2) is 6.50. The minimum absolute atomic E-state index is 0.248. The van der Waals surface area contributed by atoms with Crippen molar-refractivity contribution in [1.82, 2.24) is 0 Å². The SMILES string of the molecule is COCC(COC)(C[Si](C)(C)C)C[Si](C)(C)C. The molecule has 4 heteroatoms. The standard InChI is InChI=1S/C13H32O2Si2/c1-14-9-13(10-15-2,11-16(3,4)5)12-17(6,7)8/h9-12H2,1-8H3. The number of hydrogen-bond acceptors (Lipinski definition) is 2. The van der Waals surface area contributed by atoms with E-state index in [9.17, 15) is 0 Å². The van der Waals surface area contributed by atoms with Crippen LogP contribution in [0.5, 0.6) is 0 Å². The molecule has 0 aliphatic rings. The van der Waals surface area contributed by atoms with Crippen molar-refractivity contribution in [3.63, 3.8) is 0 Å². The number of rotatable bonds is 8. The summed E-state index contributed by atoms with van der Waals surface area (Å²) in [6.07, 6.45) is 0. The second-order valence-corrected chi connectivity index (χ2v) is 18.8. The Morgan fingerprint density at radius 3 is 1.18 bits per heavy atom. The van der Waals surface area contributed by atoms with Crippen molar-refractivity contribution < 1.29 is 9.47 Å². The minimum atomic E-state index is -1.10. The second-order valence-electron chi connectivity index (χ2n) is 7.84. The van der Waals surface area contributed by atoms with E-state index in [4.69, 9.17) is 9.47 Å². The van der Waals surface area contributed by atoms with E-state index in [1.807, 2.05) is 14.2 Å². The highest BCUT2D eigenvalue weighted by molar-refractivity contribution is 6.78. The largest absolute Gasteiger partial charge is 0.384 e. The van der Waals surface area contributed by atoms with E-state index in [1.54, 1.807) is 0 Å². The predicted octanol–water partition coefficient (Wildman–Crippen LogP) is 3.94. The predicted molar refractivity (Wildman–Crippen MR) is 82.5 cm³/mol. The molecule has 0 fully saturated rings. The summed E-state index contributed by atoms with van der Waals surface area (Å²) >= 11 is 0. The summed E-state index contributed by atoms with van der Waals surface area (Å²) in [7, 11) is 1.43. The van der Waals surface area contributed by atoms with Crippen LogP contribution in [0.25, 0.3) is 0 Å². The van der Waals surface area contributed by atoms with Gasteiger partial charge in [0.2, 0.25) is 0 Å². The van der Waals surface area contributed by atoms with Gasteiger partial charge in [0.25, 0.3) is 0 Å². The van der Waals surface area contributed by atoms with E-state index >= 15 is 0 Å². The first kappa shape index (κ1) is 17.4. The summed E-state index contributed by atoms with van der Waals surface area (Å²) in [5.41, 5.74) is 0.248. The minimum Gasteiger partial charge on any atom is -0.384 e. The van der Waals surface area contributed by atoms with Crippen LogP contribution in [0.2, 0.25) is 51.4 Å². The zero-order chi connectivity index (χ0) is 13.7. The van der Waals surface area contributed by atoms with Crippen molar-refractivity contribution in [2.24, 2.45) is 5.41 Å². The summed E-state index contributed by atoms with van der Waals surface area (Å²) in [5, 5.41) is 0. The Morgan fingerprint density at radius 1 is 0.706 bits per heavy atom. The van der Waals surface area contributed by atoms with Gasteiger partial charge in [0.1, 0.15) is 0 Å². The summed E-state index contributed by atoms with van der Waals surface area (Å²) in [6.45, 7) is 16.3. The molecule has 0 amide bonds. The van der Waals surface area contributed by atoms with Crippen molar-refractivity contribution in [3.8, 4) is 0 Å². The molecule has 0 aromatic rings. The van der Waals surface area contributed by atoms with E-state index < -0.39 is 16.1 Å². The van der Waals surface area contributed by atoms with Crippen LogP contribution in [0.15, 0.2) is 0 Å². The fourth-order valence-electron chi connectivity index (χ4n) is 3.17. The fraction of sp³-hybridized carbons (Fsp3) is 1.00. The molecule has 0 aromatic heterocycles. The molecule has 0 atom stereocenters. The first-order valence-electron chi connectivity index (χ1n) is 6.52. The van der Waals surface area contributed by atoms with Gasteiger partial charge in [-0.25, -0.2) is 0 Å². The molecule has 0 rings (SSSR count). The van der Waals surface area contributed by atoms with Gasteiger partial charge in [-0.15, -0.1) is 0 Å². The summed E-state index contributed by atoms with van der Waals surface area (Å²) in [5.74, 6) is 0. The smallest absolute Gasteiger partial charge is 0.0535 e. The quantitative estimate of drug-likeness (QED) is 0.625. The zero-order valence-corrected chi connectivity index (χ0v) is 15.1. The third-order valence-corrected chi connectivity index (χ3v) is 6.33. The molecule has 0 saturated carbocycles. The molecule has 2 nitrogen and oxygen atoms in total. The Hall–Kier alpha value is 0.354. The van der Waals surface area contributed by atoms with Gasteiger partial charge in [-0.05, 0) is 12.1 Å². The Bertz CT molecular complexity index is 192. The molecule has 104 valence electrons. The molecule has 0 heterocycles. The highest BCUT2D eigenvalue weighted by atomic mass is 28.3. The highest BCUT2D eigenvalue weighted by Crippen LogP contribution is 2.38. The monoisotopic (exact) mass is 276 g/mol. The maximum atomic E-state index is 5.52. The highest BCUT2D eigenvalue weighted by Gasteiger charge is 2.39. The normalized spacial score (nSPS) is 14.1. The molecular formula is C13H32O2Si2. The Morgan fingerprint density at radius 2 is 1.00 bits per heavy atom. The lowest BCUT2D eigenvalue weighted by molar-refractivity contribution is 0.0325. The molecule has 0 aromatic carbocycles. The van der Waals surface area contributed by atoms with Crippen LogP contribution in [0.3, 0.4) is 0 Å². The number of hydrogen-bond donors (Lipinski definition) is 0. The van der Waals surface area contributed by atoms with Crippen LogP contribution in [-0.2, 0) is 9.47 Å². The molecule has 0 saturated heterocycles. The van der Waals surface area contributed by atoms with Crippen LogP contribution in [0, 0.1) is 5.41 Å². The maximum Gasteiger partial charge on any atom is 0.0535 e. The molecule has 0 radical (unpaired) electrons. The van der Waals surface area contributed by atoms with Crippen molar-refractivity contribution >= 4 is 16.1 Å². The Labute approximate surface area is 110 Å². The van der Waals surface area contributed by atoms with Gasteiger partial charge in [0.05, 0.1) is 13.2 Å². The average molecular weight is 277 g/mol. The van der Waals surface area contributed by atoms with Gasteiger partial charge in [0.15, 0.2) is 0 Å². The first-order valence-corrected chi connectivity index (χ1v) is 13.9. The lowest BCUT2D eigenvalue weighted by atomic mass is 9.95. The van der Waals surface area contributed by atoms with E-state index in [1.165, 1.54) is 12.1 Å². The zero-order valence-electron chi connectivity index (χ0n) is 13.1. The number of methoxy groups -OCH3 is 2. The lowest BCUT2D eigenvalue weighted by Crippen LogP contribution is -2.44. The number of ether oxygens (including phenoxy) is 2. The lowest BCUT2D eigenvalue weighted by Gasteiger charge is -2.40. The van der Waals surface area contributed by atoms with E-state index in [0.29, 0.717) is 0 Å². The Kier molecular flexibility index (Phi) is 6.64. The van der Waals surface area contributed by atoms with Crippen molar-refractivity contribution in [2.75, 3.05) is 27.4 Å². The van der Waals surface area contributed by atoms with Crippen LogP contribution in [0.4, 0.5) is 0 Å². The van der Waals surface area contributed by atoms with Gasteiger partial charge in [-0.2, -0.15) is 0 Å². The van der Waals surface area contributed by atoms with Gasteiger partial charge in [0, 0.05) is 35.8 Å². The molecule has 0 bridgehead atoms. The molecule has 0 spiro atoms. The molecule has 0 aliphatic carbocycles. The van der Waals surface area contributed by atoms with Gasteiger partial charge in [-0.1, -0.05) is 39.3 Å². The van der Waals surface area contributed by atoms with Crippen LogP contribution in [-0.4, -0.2) is 43.6 Å².